The summed E-state index contributed by atoms with van der Waals surface area (Å²) < 4.78 is 4.88. The molecule has 0 aliphatic rings. The minimum Gasteiger partial charge on any atom is -0.465 e. The zero-order valence-electron chi connectivity index (χ0n) is 12.1. The van der Waals surface area contributed by atoms with E-state index in [9.17, 15) is 4.79 Å². The number of hydrogen-bond donors (Lipinski definition) is 1. The van der Waals surface area contributed by atoms with Crippen molar-refractivity contribution in [2.24, 2.45) is 5.73 Å². The molecule has 1 aromatic carbocycles. The molecular formula is C15H23NO2S. The lowest BCUT2D eigenvalue weighted by Crippen LogP contribution is -2.34. The lowest BCUT2D eigenvalue weighted by molar-refractivity contribution is -0.144. The number of rotatable bonds is 5. The van der Waals surface area contributed by atoms with Gasteiger partial charge in [0.15, 0.2) is 0 Å². The lowest BCUT2D eigenvalue weighted by atomic mass is 9.87. The first-order valence-corrected chi connectivity index (χ1v) is 7.48. The van der Waals surface area contributed by atoms with Gasteiger partial charge < -0.3 is 10.5 Å². The maximum absolute atomic E-state index is 11.4. The topological polar surface area (TPSA) is 52.3 Å². The summed E-state index contributed by atoms with van der Waals surface area (Å²) >= 11 is 1.58. The van der Waals surface area contributed by atoms with Crippen LogP contribution in [0, 0.1) is 0 Å². The molecule has 0 aliphatic carbocycles. The molecule has 1 atom stereocenters. The zero-order valence-corrected chi connectivity index (χ0v) is 12.9. The van der Waals surface area contributed by atoms with Crippen molar-refractivity contribution in [2.45, 2.75) is 44.0 Å². The monoisotopic (exact) mass is 281 g/mol. The van der Waals surface area contributed by atoms with Gasteiger partial charge in [-0.05, 0) is 30.0 Å². The van der Waals surface area contributed by atoms with E-state index in [2.05, 4.69) is 45.0 Å². The van der Waals surface area contributed by atoms with E-state index in [4.69, 9.17) is 10.5 Å². The fraction of sp³-hybridized carbons (Fsp3) is 0.533. The third kappa shape index (κ3) is 5.25. The molecule has 0 amide bonds. The van der Waals surface area contributed by atoms with Gasteiger partial charge in [-0.15, -0.1) is 11.8 Å². The summed E-state index contributed by atoms with van der Waals surface area (Å²) in [6, 6.07) is 7.83. The predicted octanol–water partition coefficient (Wildman–Crippen LogP) is 2.97. The summed E-state index contributed by atoms with van der Waals surface area (Å²) in [6.07, 6.45) is 0. The van der Waals surface area contributed by atoms with Gasteiger partial charge in [0.25, 0.3) is 0 Å². The van der Waals surface area contributed by atoms with Crippen LogP contribution in [-0.4, -0.2) is 24.4 Å². The molecule has 0 saturated heterocycles. The highest BCUT2D eigenvalue weighted by Crippen LogP contribution is 2.25. The van der Waals surface area contributed by atoms with E-state index in [1.807, 2.05) is 0 Å². The SMILES string of the molecule is CCOC(=O)C(N)CSc1ccc(C(C)(C)C)cc1. The number of carbonyl (C=O) groups is 1. The van der Waals surface area contributed by atoms with Crippen LogP contribution in [0.1, 0.15) is 33.3 Å². The molecule has 4 heteroatoms. The van der Waals surface area contributed by atoms with Crippen LogP contribution < -0.4 is 5.73 Å². The van der Waals surface area contributed by atoms with Gasteiger partial charge in [-0.1, -0.05) is 32.9 Å². The van der Waals surface area contributed by atoms with Gasteiger partial charge in [-0.25, -0.2) is 0 Å². The van der Waals surface area contributed by atoms with Crippen molar-refractivity contribution in [1.82, 2.24) is 0 Å². The second-order valence-corrected chi connectivity index (χ2v) is 6.54. The van der Waals surface area contributed by atoms with E-state index in [0.717, 1.165) is 4.90 Å². The molecule has 0 radical (unpaired) electrons. The van der Waals surface area contributed by atoms with Crippen LogP contribution in [0.25, 0.3) is 0 Å². The maximum atomic E-state index is 11.4. The van der Waals surface area contributed by atoms with Crippen LogP contribution in [0.15, 0.2) is 29.2 Å². The Morgan fingerprint density at radius 3 is 2.37 bits per heavy atom. The average Bonchev–Trinajstić information content (AvgIpc) is 2.35. The minimum atomic E-state index is -0.563. The molecule has 0 aromatic heterocycles. The van der Waals surface area contributed by atoms with Crippen LogP contribution in [0.4, 0.5) is 0 Å². The van der Waals surface area contributed by atoms with Crippen molar-refractivity contribution in [3.8, 4) is 0 Å². The van der Waals surface area contributed by atoms with E-state index in [-0.39, 0.29) is 11.4 Å². The van der Waals surface area contributed by atoms with Gasteiger partial charge in [0, 0.05) is 10.6 Å². The van der Waals surface area contributed by atoms with Gasteiger partial charge in [-0.2, -0.15) is 0 Å². The first-order valence-electron chi connectivity index (χ1n) is 6.50. The number of benzene rings is 1. The first kappa shape index (κ1) is 16.1. The highest BCUT2D eigenvalue weighted by molar-refractivity contribution is 7.99. The molecule has 106 valence electrons. The van der Waals surface area contributed by atoms with Crippen LogP contribution in [0.3, 0.4) is 0 Å². The molecule has 1 unspecified atom stereocenters. The Kier molecular flexibility index (Phi) is 5.88. The quantitative estimate of drug-likeness (QED) is 0.666. The molecule has 19 heavy (non-hydrogen) atoms. The fourth-order valence-electron chi connectivity index (χ4n) is 1.55. The second kappa shape index (κ2) is 6.96. The highest BCUT2D eigenvalue weighted by atomic mass is 32.2. The summed E-state index contributed by atoms with van der Waals surface area (Å²) in [5.41, 5.74) is 7.21. The Bertz CT molecular complexity index is 409. The standard InChI is InChI=1S/C15H23NO2S/c1-5-18-14(17)13(16)10-19-12-8-6-11(7-9-12)15(2,3)4/h6-9,13H,5,10,16H2,1-4H3. The molecule has 1 rings (SSSR count). The zero-order chi connectivity index (χ0) is 14.5. The third-order valence-electron chi connectivity index (χ3n) is 2.74. The molecule has 0 fully saturated rings. The number of hydrogen-bond acceptors (Lipinski definition) is 4. The number of nitrogens with two attached hydrogens (primary N) is 1. The van der Waals surface area contributed by atoms with Gasteiger partial charge in [0.2, 0.25) is 0 Å². The number of esters is 1. The molecule has 0 bridgehead atoms. The normalized spacial score (nSPS) is 13.1. The maximum Gasteiger partial charge on any atom is 0.323 e. The van der Waals surface area contributed by atoms with Gasteiger partial charge in [0.1, 0.15) is 6.04 Å². The van der Waals surface area contributed by atoms with E-state index in [1.54, 1.807) is 18.7 Å². The molecule has 3 nitrogen and oxygen atoms in total. The van der Waals surface area contributed by atoms with Crippen LogP contribution in [-0.2, 0) is 14.9 Å². The van der Waals surface area contributed by atoms with Crippen molar-refractivity contribution in [3.63, 3.8) is 0 Å². The predicted molar refractivity (Wildman–Crippen MR) is 80.5 cm³/mol. The van der Waals surface area contributed by atoms with E-state index in [1.165, 1.54) is 5.56 Å². The highest BCUT2D eigenvalue weighted by Gasteiger charge is 2.16. The number of ether oxygens (including phenoxy) is 1. The fourth-order valence-corrected chi connectivity index (χ4v) is 2.39. The molecule has 0 aliphatic heterocycles. The van der Waals surface area contributed by atoms with Gasteiger partial charge in [0.05, 0.1) is 6.61 Å². The van der Waals surface area contributed by atoms with Crippen LogP contribution >= 0.6 is 11.8 Å². The molecule has 2 N–H and O–H groups in total. The molecular weight excluding hydrogens is 258 g/mol. The van der Waals surface area contributed by atoms with Crippen LogP contribution in [0.2, 0.25) is 0 Å². The smallest absolute Gasteiger partial charge is 0.323 e. The van der Waals surface area contributed by atoms with E-state index in [0.29, 0.717) is 12.4 Å². The Morgan fingerprint density at radius 2 is 1.89 bits per heavy atom. The Morgan fingerprint density at radius 1 is 1.32 bits per heavy atom. The Labute approximate surface area is 119 Å². The Balaban J connectivity index is 2.53. The van der Waals surface area contributed by atoms with Crippen molar-refractivity contribution in [3.05, 3.63) is 29.8 Å². The molecule has 0 spiro atoms. The first-order chi connectivity index (χ1) is 8.84. The Hall–Kier alpha value is -1.00. The van der Waals surface area contributed by atoms with E-state index >= 15 is 0 Å². The minimum absolute atomic E-state index is 0.157. The van der Waals surface area contributed by atoms with Crippen molar-refractivity contribution >= 4 is 17.7 Å². The largest absolute Gasteiger partial charge is 0.465 e. The van der Waals surface area contributed by atoms with Gasteiger partial charge in [-0.3, -0.25) is 4.79 Å². The number of carbonyl (C=O) groups excluding carboxylic acids is 1. The molecule has 1 aromatic rings. The third-order valence-corrected chi connectivity index (χ3v) is 3.87. The van der Waals surface area contributed by atoms with Crippen LogP contribution in [0.5, 0.6) is 0 Å². The summed E-state index contributed by atoms with van der Waals surface area (Å²) in [4.78, 5) is 12.5. The molecule has 0 saturated carbocycles. The summed E-state index contributed by atoms with van der Waals surface area (Å²) in [5, 5.41) is 0. The van der Waals surface area contributed by atoms with Crippen molar-refractivity contribution < 1.29 is 9.53 Å². The van der Waals surface area contributed by atoms with Crippen molar-refractivity contribution in [2.75, 3.05) is 12.4 Å². The summed E-state index contributed by atoms with van der Waals surface area (Å²) in [7, 11) is 0. The lowest BCUT2D eigenvalue weighted by Gasteiger charge is -2.19. The van der Waals surface area contributed by atoms with Gasteiger partial charge >= 0.3 is 5.97 Å². The summed E-state index contributed by atoms with van der Waals surface area (Å²) in [5.74, 6) is 0.203. The summed E-state index contributed by atoms with van der Waals surface area (Å²) in [6.45, 7) is 8.71. The molecule has 0 heterocycles. The number of thioether (sulfide) groups is 1. The van der Waals surface area contributed by atoms with Crippen molar-refractivity contribution in [1.29, 1.82) is 0 Å². The average molecular weight is 281 g/mol. The second-order valence-electron chi connectivity index (χ2n) is 5.44. The van der Waals surface area contributed by atoms with E-state index < -0.39 is 6.04 Å².